The maximum atomic E-state index is 11.7. The van der Waals surface area contributed by atoms with E-state index < -0.39 is 5.56 Å². The molecule has 0 aliphatic rings. The third kappa shape index (κ3) is 3.63. The van der Waals surface area contributed by atoms with Crippen LogP contribution in [0.5, 0.6) is 5.88 Å². The zero-order chi connectivity index (χ0) is 16.4. The number of aliphatic imine (C=N–C) groups is 1. The highest BCUT2D eigenvalue weighted by molar-refractivity contribution is 9.10. The number of aromatic hydroxyl groups is 1. The van der Waals surface area contributed by atoms with Gasteiger partial charge in [0, 0.05) is 21.6 Å². The van der Waals surface area contributed by atoms with Crippen molar-refractivity contribution in [3.05, 3.63) is 54.8 Å². The molecule has 0 amide bonds. The molecule has 9 heteroatoms. The average molecular weight is 409 g/mol. The van der Waals surface area contributed by atoms with Gasteiger partial charge in [0.05, 0.1) is 5.69 Å². The number of halogens is 1. The standard InChI is InChI=1S/C14H9BrN4O2S2/c15-8-3-1-2-7(4-8)10-6-23-14(17-10)16-5-9-11(20)18-13(22)19-12(9)21/h1-6H,(H3,18,19,20,21,22)/b16-5+. The van der Waals surface area contributed by atoms with Gasteiger partial charge in [0.2, 0.25) is 11.0 Å². The van der Waals surface area contributed by atoms with Crippen molar-refractivity contribution >= 4 is 50.8 Å². The first-order chi connectivity index (χ1) is 11.0. The van der Waals surface area contributed by atoms with Crippen LogP contribution in [0, 0.1) is 4.77 Å². The highest BCUT2D eigenvalue weighted by Crippen LogP contribution is 2.28. The summed E-state index contributed by atoms with van der Waals surface area (Å²) in [5, 5.41) is 12.1. The second-order valence-electron chi connectivity index (χ2n) is 4.45. The van der Waals surface area contributed by atoms with Gasteiger partial charge < -0.3 is 10.1 Å². The van der Waals surface area contributed by atoms with Gasteiger partial charge in [0.15, 0.2) is 4.77 Å². The molecular formula is C14H9BrN4O2S2. The van der Waals surface area contributed by atoms with Crippen LogP contribution in [-0.4, -0.2) is 26.3 Å². The minimum absolute atomic E-state index is 0.00203. The minimum Gasteiger partial charge on any atom is -0.494 e. The van der Waals surface area contributed by atoms with E-state index in [1.165, 1.54) is 17.6 Å². The molecule has 116 valence electrons. The van der Waals surface area contributed by atoms with Gasteiger partial charge in [-0.15, -0.1) is 11.3 Å². The Morgan fingerprint density at radius 3 is 2.96 bits per heavy atom. The van der Waals surface area contributed by atoms with E-state index >= 15 is 0 Å². The lowest BCUT2D eigenvalue weighted by molar-refractivity contribution is 0.449. The van der Waals surface area contributed by atoms with Crippen LogP contribution in [0.1, 0.15) is 5.56 Å². The molecule has 2 aromatic heterocycles. The van der Waals surface area contributed by atoms with Gasteiger partial charge in [0.1, 0.15) is 5.56 Å². The number of aromatic amines is 2. The molecule has 0 spiro atoms. The van der Waals surface area contributed by atoms with E-state index in [1.807, 2.05) is 29.6 Å². The maximum Gasteiger partial charge on any atom is 0.264 e. The summed E-state index contributed by atoms with van der Waals surface area (Å²) >= 11 is 9.52. The van der Waals surface area contributed by atoms with Gasteiger partial charge in [-0.05, 0) is 24.4 Å². The van der Waals surface area contributed by atoms with E-state index in [1.54, 1.807) is 0 Å². The van der Waals surface area contributed by atoms with Crippen LogP contribution in [0.3, 0.4) is 0 Å². The first kappa shape index (κ1) is 15.8. The van der Waals surface area contributed by atoms with Gasteiger partial charge in [-0.1, -0.05) is 28.1 Å². The largest absolute Gasteiger partial charge is 0.494 e. The Labute approximate surface area is 147 Å². The summed E-state index contributed by atoms with van der Waals surface area (Å²) in [4.78, 5) is 25.1. The molecule has 6 nitrogen and oxygen atoms in total. The molecule has 0 unspecified atom stereocenters. The molecule has 3 aromatic rings. The molecule has 0 saturated carbocycles. The van der Waals surface area contributed by atoms with Gasteiger partial charge in [-0.25, -0.2) is 9.98 Å². The van der Waals surface area contributed by atoms with E-state index in [0.717, 1.165) is 15.7 Å². The monoisotopic (exact) mass is 408 g/mol. The van der Waals surface area contributed by atoms with Crippen LogP contribution >= 0.6 is 39.5 Å². The van der Waals surface area contributed by atoms with Crippen LogP contribution in [-0.2, 0) is 0 Å². The first-order valence-corrected chi connectivity index (χ1v) is 8.42. The van der Waals surface area contributed by atoms with E-state index in [0.29, 0.717) is 5.13 Å². The molecule has 3 rings (SSSR count). The van der Waals surface area contributed by atoms with Crippen molar-refractivity contribution in [1.82, 2.24) is 15.0 Å². The Morgan fingerprint density at radius 2 is 2.22 bits per heavy atom. The molecule has 0 saturated heterocycles. The Hall–Kier alpha value is -2.10. The topological polar surface area (TPSA) is 94.1 Å². The number of H-pyrrole nitrogens is 2. The number of rotatable bonds is 3. The lowest BCUT2D eigenvalue weighted by Crippen LogP contribution is -2.13. The summed E-state index contributed by atoms with van der Waals surface area (Å²) in [5.41, 5.74) is 1.23. The van der Waals surface area contributed by atoms with Crippen molar-refractivity contribution in [3.63, 3.8) is 0 Å². The Bertz CT molecular complexity index is 1010. The fourth-order valence-corrected chi connectivity index (χ4v) is 3.09. The lowest BCUT2D eigenvalue weighted by Gasteiger charge is -1.97. The van der Waals surface area contributed by atoms with Crippen LogP contribution in [0.25, 0.3) is 11.3 Å². The predicted octanol–water partition coefficient (Wildman–Crippen LogP) is 3.77. The number of hydrogen-bond acceptors (Lipinski definition) is 6. The third-order valence-electron chi connectivity index (χ3n) is 2.88. The number of hydrogen-bond donors (Lipinski definition) is 3. The highest BCUT2D eigenvalue weighted by atomic mass is 79.9. The lowest BCUT2D eigenvalue weighted by atomic mass is 10.2. The fourth-order valence-electron chi connectivity index (χ4n) is 1.83. The summed E-state index contributed by atoms with van der Waals surface area (Å²) in [6, 6.07) is 7.76. The van der Waals surface area contributed by atoms with Crippen LogP contribution in [0.2, 0.25) is 0 Å². The normalized spacial score (nSPS) is 11.2. The third-order valence-corrected chi connectivity index (χ3v) is 4.32. The van der Waals surface area contributed by atoms with Crippen molar-refractivity contribution in [2.45, 2.75) is 0 Å². The SMILES string of the molecule is O=c1[nH]c(=S)[nH]c(O)c1/C=N/c1nc(-c2cccc(Br)c2)cs1. The number of aromatic nitrogens is 3. The minimum atomic E-state index is -0.515. The average Bonchev–Trinajstić information content (AvgIpc) is 2.95. The summed E-state index contributed by atoms with van der Waals surface area (Å²) < 4.78 is 1.01. The van der Waals surface area contributed by atoms with Crippen LogP contribution in [0.15, 0.2) is 43.9 Å². The fraction of sp³-hybridized carbons (Fsp3) is 0. The molecule has 23 heavy (non-hydrogen) atoms. The van der Waals surface area contributed by atoms with Gasteiger partial charge in [0.25, 0.3) is 5.56 Å². The summed E-state index contributed by atoms with van der Waals surface area (Å²) in [5.74, 6) is -0.328. The van der Waals surface area contributed by atoms with E-state index in [4.69, 9.17) is 12.2 Å². The molecule has 0 radical (unpaired) electrons. The molecule has 2 heterocycles. The van der Waals surface area contributed by atoms with Gasteiger partial charge in [-0.2, -0.15) is 0 Å². The quantitative estimate of drug-likeness (QED) is 0.453. The van der Waals surface area contributed by atoms with Crippen LogP contribution in [0.4, 0.5) is 5.13 Å². The highest BCUT2D eigenvalue weighted by Gasteiger charge is 2.07. The van der Waals surface area contributed by atoms with Crippen molar-refractivity contribution in [2.75, 3.05) is 0 Å². The summed E-state index contributed by atoms with van der Waals surface area (Å²) in [6.07, 6.45) is 1.25. The molecule has 3 N–H and O–H groups in total. The maximum absolute atomic E-state index is 11.7. The smallest absolute Gasteiger partial charge is 0.264 e. The second-order valence-corrected chi connectivity index (χ2v) is 6.61. The number of nitrogens with zero attached hydrogens (tertiary/aromatic N) is 2. The summed E-state index contributed by atoms with van der Waals surface area (Å²) in [6.45, 7) is 0. The zero-order valence-electron chi connectivity index (χ0n) is 11.4. The molecular weight excluding hydrogens is 400 g/mol. The zero-order valence-corrected chi connectivity index (χ0v) is 14.6. The van der Waals surface area contributed by atoms with Gasteiger partial charge >= 0.3 is 0 Å². The Morgan fingerprint density at radius 1 is 1.39 bits per heavy atom. The molecule has 0 aliphatic heterocycles. The van der Waals surface area contributed by atoms with Crippen molar-refractivity contribution < 1.29 is 5.11 Å². The molecule has 0 atom stereocenters. The first-order valence-electron chi connectivity index (χ1n) is 6.34. The summed E-state index contributed by atoms with van der Waals surface area (Å²) in [7, 11) is 0. The van der Waals surface area contributed by atoms with E-state index in [2.05, 4.69) is 35.9 Å². The Kier molecular flexibility index (Phi) is 4.51. The van der Waals surface area contributed by atoms with E-state index in [9.17, 15) is 9.90 Å². The van der Waals surface area contributed by atoms with Crippen molar-refractivity contribution in [3.8, 4) is 17.1 Å². The van der Waals surface area contributed by atoms with Gasteiger partial charge in [-0.3, -0.25) is 9.78 Å². The van der Waals surface area contributed by atoms with Crippen molar-refractivity contribution in [1.29, 1.82) is 0 Å². The van der Waals surface area contributed by atoms with Crippen LogP contribution < -0.4 is 5.56 Å². The molecule has 0 fully saturated rings. The second kappa shape index (κ2) is 6.57. The molecule has 0 aliphatic carbocycles. The van der Waals surface area contributed by atoms with Crippen molar-refractivity contribution in [2.24, 2.45) is 4.99 Å². The Balaban J connectivity index is 1.90. The molecule has 1 aromatic carbocycles. The molecule has 0 bridgehead atoms. The predicted molar refractivity (Wildman–Crippen MR) is 96.4 cm³/mol. The van der Waals surface area contributed by atoms with E-state index in [-0.39, 0.29) is 16.2 Å². The number of nitrogens with one attached hydrogen (secondary N) is 2. The number of thiazole rings is 1. The number of benzene rings is 1.